The zero-order valence-corrected chi connectivity index (χ0v) is 12.9. The summed E-state index contributed by atoms with van der Waals surface area (Å²) >= 11 is 0. The summed E-state index contributed by atoms with van der Waals surface area (Å²) in [6, 6.07) is 5.68. The van der Waals surface area contributed by atoms with Crippen LogP contribution in [0.1, 0.15) is 10.4 Å². The van der Waals surface area contributed by atoms with Crippen LogP contribution in [0.4, 0.5) is 11.6 Å². The van der Waals surface area contributed by atoms with Crippen LogP contribution in [0.3, 0.4) is 0 Å². The number of aromatic nitrogens is 2. The fourth-order valence-corrected chi connectivity index (χ4v) is 2.39. The molecule has 0 spiro atoms. The van der Waals surface area contributed by atoms with E-state index in [2.05, 4.69) is 20.6 Å². The molecule has 10 heteroatoms. The molecule has 2 rings (SSSR count). The smallest absolute Gasteiger partial charge is 0.238 e. The van der Waals surface area contributed by atoms with Gasteiger partial charge in [0.2, 0.25) is 10.0 Å². The third-order valence-electron chi connectivity index (χ3n) is 2.95. The van der Waals surface area contributed by atoms with Crippen LogP contribution >= 0.6 is 0 Å². The lowest BCUT2D eigenvalue weighted by molar-refractivity contribution is 0.112. The van der Waals surface area contributed by atoms with Crippen molar-refractivity contribution in [3.63, 3.8) is 0 Å². The summed E-state index contributed by atoms with van der Waals surface area (Å²) in [7, 11) is -2.19. The first-order chi connectivity index (χ1) is 10.9. The number of aldehydes is 1. The van der Waals surface area contributed by atoms with Crippen LogP contribution in [0.15, 0.2) is 29.2 Å². The normalized spacial score (nSPS) is 10.9. The number of rotatable bonds is 6. The molecule has 0 amide bonds. The predicted molar refractivity (Wildman–Crippen MR) is 86.2 cm³/mol. The lowest BCUT2D eigenvalue weighted by Crippen LogP contribution is -2.12. The van der Waals surface area contributed by atoms with E-state index < -0.39 is 10.0 Å². The minimum atomic E-state index is -3.78. The molecule has 0 saturated carbocycles. The van der Waals surface area contributed by atoms with Gasteiger partial charge in [-0.05, 0) is 24.3 Å². The van der Waals surface area contributed by atoms with Crippen molar-refractivity contribution >= 4 is 34.3 Å². The third-order valence-corrected chi connectivity index (χ3v) is 3.88. The quantitative estimate of drug-likeness (QED) is 0.344. The molecule has 23 heavy (non-hydrogen) atoms. The van der Waals surface area contributed by atoms with Crippen molar-refractivity contribution in [3.05, 3.63) is 29.8 Å². The number of carbonyl (C=O) groups excluding carboxylic acids is 1. The highest BCUT2D eigenvalue weighted by Crippen LogP contribution is 2.24. The second-order valence-corrected chi connectivity index (χ2v) is 5.95. The zero-order valence-electron chi connectivity index (χ0n) is 12.1. The fraction of sp³-hybridized carbons (Fsp3) is 0.0769. The summed E-state index contributed by atoms with van der Waals surface area (Å²) < 4.78 is 22.5. The molecular weight excluding hydrogens is 320 g/mol. The molecule has 1 aromatic carbocycles. The van der Waals surface area contributed by atoms with Crippen molar-refractivity contribution in [3.8, 4) is 11.4 Å². The van der Waals surface area contributed by atoms with Crippen LogP contribution in [0.5, 0.6) is 0 Å². The lowest BCUT2D eigenvalue weighted by atomic mass is 10.2. The van der Waals surface area contributed by atoms with Crippen molar-refractivity contribution in [2.24, 2.45) is 5.14 Å². The second kappa shape index (κ2) is 6.50. The molecule has 0 aliphatic carbocycles. The van der Waals surface area contributed by atoms with Gasteiger partial charge in [0, 0.05) is 12.6 Å². The number of primary sulfonamides is 1. The van der Waals surface area contributed by atoms with E-state index in [0.29, 0.717) is 11.8 Å². The maximum absolute atomic E-state index is 11.3. The minimum absolute atomic E-state index is 0.0301. The molecular formula is C13H14N6O3S. The lowest BCUT2D eigenvalue weighted by Gasteiger charge is -2.11. The standard InChI is InChI=1S/C13H14N6O3S/c1-16-12-10(6-20)13(17-7-14)19-11(18-12)8-2-4-9(5-3-8)23(15,21)22/h2-7H,1H3,(H2,15,21,22)(H3,14,16,17,18,19). The first kappa shape index (κ1) is 16.5. The Hall–Kier alpha value is -2.85. The third kappa shape index (κ3) is 3.49. The van der Waals surface area contributed by atoms with Gasteiger partial charge in [0.25, 0.3) is 0 Å². The van der Waals surface area contributed by atoms with Gasteiger partial charge in [0.1, 0.15) is 11.6 Å². The number of nitrogens with zero attached hydrogens (tertiary/aromatic N) is 2. The summed E-state index contributed by atoms with van der Waals surface area (Å²) in [6.45, 7) is 0. The number of benzene rings is 1. The van der Waals surface area contributed by atoms with Crippen molar-refractivity contribution < 1.29 is 13.2 Å². The van der Waals surface area contributed by atoms with E-state index in [1.807, 2.05) is 0 Å². The van der Waals surface area contributed by atoms with E-state index in [0.717, 1.165) is 6.34 Å². The SMILES string of the molecule is CNc1nc(-c2ccc(S(N)(=O)=O)cc2)nc(NC=N)c1C=O. The molecule has 0 atom stereocenters. The summed E-state index contributed by atoms with van der Waals surface area (Å²) in [6.07, 6.45) is 1.47. The Balaban J connectivity index is 2.57. The average molecular weight is 334 g/mol. The summed E-state index contributed by atoms with van der Waals surface area (Å²) in [5.41, 5.74) is 0.709. The number of sulfonamides is 1. The van der Waals surface area contributed by atoms with Gasteiger partial charge in [-0.1, -0.05) is 0 Å². The van der Waals surface area contributed by atoms with Crippen LogP contribution in [0.25, 0.3) is 11.4 Å². The molecule has 0 saturated heterocycles. The number of nitrogens with two attached hydrogens (primary N) is 1. The number of anilines is 2. The van der Waals surface area contributed by atoms with Gasteiger partial charge in [-0.15, -0.1) is 0 Å². The van der Waals surface area contributed by atoms with Crippen molar-refractivity contribution in [1.82, 2.24) is 9.97 Å². The monoisotopic (exact) mass is 334 g/mol. The molecule has 2 aromatic rings. The maximum atomic E-state index is 11.3. The van der Waals surface area contributed by atoms with E-state index in [-0.39, 0.29) is 27.9 Å². The number of carbonyl (C=O) groups is 1. The van der Waals surface area contributed by atoms with E-state index >= 15 is 0 Å². The van der Waals surface area contributed by atoms with E-state index in [1.165, 1.54) is 24.3 Å². The summed E-state index contributed by atoms with van der Waals surface area (Å²) in [5.74, 6) is 0.704. The largest absolute Gasteiger partial charge is 0.372 e. The molecule has 0 unspecified atom stereocenters. The van der Waals surface area contributed by atoms with Crippen molar-refractivity contribution in [2.75, 3.05) is 17.7 Å². The van der Waals surface area contributed by atoms with Crippen molar-refractivity contribution in [1.29, 1.82) is 5.41 Å². The van der Waals surface area contributed by atoms with Crippen LogP contribution in [0, 0.1) is 5.41 Å². The van der Waals surface area contributed by atoms with E-state index in [4.69, 9.17) is 10.5 Å². The highest BCUT2D eigenvalue weighted by atomic mass is 32.2. The van der Waals surface area contributed by atoms with Crippen LogP contribution in [-0.2, 0) is 10.0 Å². The Morgan fingerprint density at radius 1 is 1.17 bits per heavy atom. The Kier molecular flexibility index (Phi) is 4.67. The molecule has 1 aromatic heterocycles. The Morgan fingerprint density at radius 2 is 1.78 bits per heavy atom. The molecule has 0 bridgehead atoms. The number of hydrogen-bond donors (Lipinski definition) is 4. The number of hydrogen-bond acceptors (Lipinski definition) is 7. The van der Waals surface area contributed by atoms with Gasteiger partial charge < -0.3 is 10.6 Å². The Bertz CT molecular complexity index is 849. The van der Waals surface area contributed by atoms with Gasteiger partial charge in [-0.2, -0.15) is 0 Å². The molecule has 1 heterocycles. The van der Waals surface area contributed by atoms with Gasteiger partial charge in [0.15, 0.2) is 12.1 Å². The first-order valence-electron chi connectivity index (χ1n) is 6.34. The topological polar surface area (TPSA) is 151 Å². The summed E-state index contributed by atoms with van der Waals surface area (Å²) in [5, 5.41) is 17.5. The molecule has 0 radical (unpaired) electrons. The minimum Gasteiger partial charge on any atom is -0.372 e. The van der Waals surface area contributed by atoms with Crippen LogP contribution < -0.4 is 15.8 Å². The molecule has 0 fully saturated rings. The molecule has 9 nitrogen and oxygen atoms in total. The highest BCUT2D eigenvalue weighted by molar-refractivity contribution is 7.89. The maximum Gasteiger partial charge on any atom is 0.238 e. The average Bonchev–Trinajstić information content (AvgIpc) is 2.53. The van der Waals surface area contributed by atoms with E-state index in [9.17, 15) is 13.2 Å². The van der Waals surface area contributed by atoms with Crippen LogP contribution in [0.2, 0.25) is 0 Å². The van der Waals surface area contributed by atoms with Gasteiger partial charge in [-0.25, -0.2) is 23.5 Å². The molecule has 0 aliphatic heterocycles. The number of nitrogens with one attached hydrogen (secondary N) is 3. The Labute approximate surface area is 132 Å². The first-order valence-corrected chi connectivity index (χ1v) is 7.89. The molecule has 5 N–H and O–H groups in total. The van der Waals surface area contributed by atoms with Gasteiger partial charge >= 0.3 is 0 Å². The fourth-order valence-electron chi connectivity index (χ4n) is 1.87. The van der Waals surface area contributed by atoms with E-state index in [1.54, 1.807) is 7.05 Å². The summed E-state index contributed by atoms with van der Waals surface area (Å²) in [4.78, 5) is 19.5. The molecule has 0 aliphatic rings. The van der Waals surface area contributed by atoms with Gasteiger partial charge in [-0.3, -0.25) is 10.2 Å². The van der Waals surface area contributed by atoms with Crippen molar-refractivity contribution in [2.45, 2.75) is 4.90 Å². The zero-order chi connectivity index (χ0) is 17.0. The Morgan fingerprint density at radius 3 is 2.26 bits per heavy atom. The van der Waals surface area contributed by atoms with Crippen LogP contribution in [-0.4, -0.2) is 38.1 Å². The van der Waals surface area contributed by atoms with Gasteiger partial charge in [0.05, 0.1) is 16.8 Å². The second-order valence-electron chi connectivity index (χ2n) is 4.38. The highest BCUT2D eigenvalue weighted by Gasteiger charge is 2.15. The predicted octanol–water partition coefficient (Wildman–Crippen LogP) is 0.664. The molecule has 120 valence electrons.